The summed E-state index contributed by atoms with van der Waals surface area (Å²) in [6.45, 7) is 9.50. The van der Waals surface area contributed by atoms with Gasteiger partial charge in [-0.25, -0.2) is 4.98 Å². The number of imidazole rings is 1. The van der Waals surface area contributed by atoms with E-state index < -0.39 is 0 Å². The van der Waals surface area contributed by atoms with Gasteiger partial charge in [0, 0.05) is 25.4 Å². The highest BCUT2D eigenvalue weighted by molar-refractivity contribution is 4.98. The van der Waals surface area contributed by atoms with Crippen molar-refractivity contribution < 1.29 is 0 Å². The zero-order valence-corrected chi connectivity index (χ0v) is 10.3. The van der Waals surface area contributed by atoms with E-state index in [0.29, 0.717) is 12.6 Å². The first-order valence-corrected chi connectivity index (χ1v) is 5.72. The zero-order valence-electron chi connectivity index (χ0n) is 10.3. The van der Waals surface area contributed by atoms with E-state index >= 15 is 0 Å². The third-order valence-corrected chi connectivity index (χ3v) is 2.78. The molecule has 0 fully saturated rings. The molecule has 3 heteroatoms. The fourth-order valence-corrected chi connectivity index (χ4v) is 1.93. The number of hydrogen-bond donors (Lipinski definition) is 1. The highest BCUT2D eigenvalue weighted by atomic mass is 15.1. The summed E-state index contributed by atoms with van der Waals surface area (Å²) in [6, 6.07) is 0.335. The van der Waals surface area contributed by atoms with Crippen LogP contribution < -0.4 is 5.73 Å². The summed E-state index contributed by atoms with van der Waals surface area (Å²) >= 11 is 0. The van der Waals surface area contributed by atoms with E-state index in [1.807, 2.05) is 12.4 Å². The minimum atomic E-state index is 0.179. The Morgan fingerprint density at radius 2 is 2.13 bits per heavy atom. The summed E-state index contributed by atoms with van der Waals surface area (Å²) in [4.78, 5) is 4.40. The highest BCUT2D eigenvalue weighted by Gasteiger charge is 2.26. The average molecular weight is 209 g/mol. The number of nitrogens with two attached hydrogens (primary N) is 1. The molecule has 0 aliphatic heterocycles. The Kier molecular flexibility index (Phi) is 3.91. The van der Waals surface area contributed by atoms with Crippen LogP contribution >= 0.6 is 0 Å². The molecule has 15 heavy (non-hydrogen) atoms. The second-order valence-corrected chi connectivity index (χ2v) is 5.12. The van der Waals surface area contributed by atoms with Crippen LogP contribution in [0, 0.1) is 5.41 Å². The number of aromatic nitrogens is 2. The fraction of sp³-hybridized carbons (Fsp3) is 0.750. The van der Waals surface area contributed by atoms with Gasteiger partial charge >= 0.3 is 0 Å². The molecular formula is C12H23N3. The Bertz CT molecular complexity index is 296. The molecule has 2 N–H and O–H groups in total. The summed E-state index contributed by atoms with van der Waals surface area (Å²) in [5.41, 5.74) is 6.05. The van der Waals surface area contributed by atoms with E-state index in [0.717, 1.165) is 18.7 Å². The Balaban J connectivity index is 2.96. The lowest BCUT2D eigenvalue weighted by molar-refractivity contribution is 0.243. The van der Waals surface area contributed by atoms with Crippen LogP contribution in [0.2, 0.25) is 0 Å². The molecule has 1 rings (SSSR count). The minimum Gasteiger partial charge on any atom is -0.330 e. The van der Waals surface area contributed by atoms with E-state index in [4.69, 9.17) is 5.73 Å². The summed E-state index contributed by atoms with van der Waals surface area (Å²) in [6.07, 6.45) is 6.07. The highest BCUT2D eigenvalue weighted by Crippen LogP contribution is 2.30. The summed E-state index contributed by atoms with van der Waals surface area (Å²) in [5.74, 6) is 1.16. The van der Waals surface area contributed by atoms with Gasteiger partial charge in [0.25, 0.3) is 0 Å². The first-order chi connectivity index (χ1) is 7.00. The van der Waals surface area contributed by atoms with Gasteiger partial charge in [-0.15, -0.1) is 0 Å². The van der Waals surface area contributed by atoms with Crippen LogP contribution in [0.15, 0.2) is 12.4 Å². The molecular weight excluding hydrogens is 186 g/mol. The largest absolute Gasteiger partial charge is 0.330 e. The monoisotopic (exact) mass is 209 g/mol. The Morgan fingerprint density at radius 1 is 1.47 bits per heavy atom. The van der Waals surface area contributed by atoms with Crippen molar-refractivity contribution in [2.75, 3.05) is 6.54 Å². The van der Waals surface area contributed by atoms with Crippen molar-refractivity contribution in [3.05, 3.63) is 18.2 Å². The van der Waals surface area contributed by atoms with Gasteiger partial charge in [-0.1, -0.05) is 27.7 Å². The molecule has 3 nitrogen and oxygen atoms in total. The quantitative estimate of drug-likeness (QED) is 0.827. The second kappa shape index (κ2) is 4.79. The molecule has 0 aromatic carbocycles. The van der Waals surface area contributed by atoms with Crippen LogP contribution in [0.4, 0.5) is 0 Å². The van der Waals surface area contributed by atoms with Gasteiger partial charge in [0.05, 0.1) is 6.04 Å². The van der Waals surface area contributed by atoms with E-state index in [2.05, 4.69) is 37.2 Å². The van der Waals surface area contributed by atoms with E-state index in [-0.39, 0.29) is 5.41 Å². The molecule has 0 aliphatic rings. The molecule has 0 bridgehead atoms. The van der Waals surface area contributed by atoms with Crippen molar-refractivity contribution in [2.24, 2.45) is 11.1 Å². The zero-order chi connectivity index (χ0) is 11.5. The maximum absolute atomic E-state index is 5.87. The van der Waals surface area contributed by atoms with Crippen LogP contribution in [-0.2, 0) is 6.42 Å². The lowest BCUT2D eigenvalue weighted by atomic mass is 9.86. The molecule has 0 saturated carbocycles. The van der Waals surface area contributed by atoms with Crippen LogP contribution in [0.1, 0.15) is 46.0 Å². The number of hydrogen-bond acceptors (Lipinski definition) is 2. The molecule has 0 radical (unpaired) electrons. The molecule has 1 aromatic rings. The first-order valence-electron chi connectivity index (χ1n) is 5.72. The second-order valence-electron chi connectivity index (χ2n) is 5.12. The number of aryl methyl sites for hydroxylation is 1. The van der Waals surface area contributed by atoms with Crippen LogP contribution in [0.25, 0.3) is 0 Å². The molecule has 0 aliphatic carbocycles. The first kappa shape index (κ1) is 12.2. The van der Waals surface area contributed by atoms with Crippen molar-refractivity contribution in [1.29, 1.82) is 0 Å². The van der Waals surface area contributed by atoms with Crippen molar-refractivity contribution in [2.45, 2.75) is 46.6 Å². The Labute approximate surface area is 92.7 Å². The van der Waals surface area contributed by atoms with E-state index in [9.17, 15) is 0 Å². The third-order valence-electron chi connectivity index (χ3n) is 2.78. The fourth-order valence-electron chi connectivity index (χ4n) is 1.93. The normalized spacial score (nSPS) is 14.2. The van der Waals surface area contributed by atoms with Crippen LogP contribution in [-0.4, -0.2) is 16.1 Å². The predicted molar refractivity (Wildman–Crippen MR) is 63.8 cm³/mol. The lowest BCUT2D eigenvalue weighted by Gasteiger charge is -2.32. The minimum absolute atomic E-state index is 0.179. The van der Waals surface area contributed by atoms with Crippen molar-refractivity contribution in [3.8, 4) is 0 Å². The van der Waals surface area contributed by atoms with Gasteiger partial charge in [0.2, 0.25) is 0 Å². The van der Waals surface area contributed by atoms with E-state index in [1.165, 1.54) is 0 Å². The van der Waals surface area contributed by atoms with Gasteiger partial charge in [-0.3, -0.25) is 0 Å². The van der Waals surface area contributed by atoms with Crippen molar-refractivity contribution in [3.63, 3.8) is 0 Å². The maximum Gasteiger partial charge on any atom is 0.108 e. The Hall–Kier alpha value is -0.830. The summed E-state index contributed by atoms with van der Waals surface area (Å²) in [7, 11) is 0. The molecule has 1 heterocycles. The van der Waals surface area contributed by atoms with Gasteiger partial charge < -0.3 is 10.3 Å². The van der Waals surface area contributed by atoms with Crippen LogP contribution in [0.3, 0.4) is 0 Å². The molecule has 1 unspecified atom stereocenters. The molecule has 0 spiro atoms. The lowest BCUT2D eigenvalue weighted by Crippen LogP contribution is -2.31. The van der Waals surface area contributed by atoms with Gasteiger partial charge in [0.15, 0.2) is 0 Å². The van der Waals surface area contributed by atoms with Gasteiger partial charge in [-0.05, 0) is 11.8 Å². The predicted octanol–water partition coefficient (Wildman–Crippen LogP) is 2.38. The molecule has 1 aromatic heterocycles. The van der Waals surface area contributed by atoms with Crippen molar-refractivity contribution >= 4 is 0 Å². The van der Waals surface area contributed by atoms with Crippen molar-refractivity contribution in [1.82, 2.24) is 9.55 Å². The average Bonchev–Trinajstić information content (AvgIpc) is 2.53. The topological polar surface area (TPSA) is 43.8 Å². The smallest absolute Gasteiger partial charge is 0.108 e. The number of nitrogens with zero attached hydrogens (tertiary/aromatic N) is 2. The summed E-state index contributed by atoms with van der Waals surface area (Å²) < 4.78 is 2.24. The summed E-state index contributed by atoms with van der Waals surface area (Å²) in [5, 5.41) is 0. The standard InChI is InChI=1S/C12H23N3/c1-5-6-11-14-7-8-15(11)10(9-13)12(2,3)4/h7-8,10H,5-6,9,13H2,1-4H3. The van der Waals surface area contributed by atoms with E-state index in [1.54, 1.807) is 0 Å². The van der Waals surface area contributed by atoms with Crippen LogP contribution in [0.5, 0.6) is 0 Å². The SMILES string of the molecule is CCCc1nccn1C(CN)C(C)(C)C. The van der Waals surface area contributed by atoms with Gasteiger partial charge in [0.1, 0.15) is 5.82 Å². The molecule has 1 atom stereocenters. The maximum atomic E-state index is 5.87. The van der Waals surface area contributed by atoms with Gasteiger partial charge in [-0.2, -0.15) is 0 Å². The Morgan fingerprint density at radius 3 is 2.60 bits per heavy atom. The number of rotatable bonds is 4. The molecule has 86 valence electrons. The molecule has 0 amide bonds. The molecule has 0 saturated heterocycles. The third kappa shape index (κ3) is 2.81.